The summed E-state index contributed by atoms with van der Waals surface area (Å²) in [6, 6.07) is 6.01. The number of hydrogen-bond acceptors (Lipinski definition) is 3. The van der Waals surface area contributed by atoms with Crippen LogP contribution in [0.4, 0.5) is 5.69 Å². The van der Waals surface area contributed by atoms with Gasteiger partial charge in [0.05, 0.1) is 0 Å². The van der Waals surface area contributed by atoms with Crippen LogP contribution in [0.1, 0.15) is 29.3 Å². The molecule has 1 aromatic carbocycles. The normalized spacial score (nSPS) is 20.6. The Labute approximate surface area is 115 Å². The fourth-order valence-corrected chi connectivity index (χ4v) is 2.63. The first-order valence-electron chi connectivity index (χ1n) is 6.89. The molecule has 104 valence electrons. The SMILES string of the molecule is CCC1CN(C(=O)c2cccc(N)c2C)CCN1C. The Balaban J connectivity index is 2.18. The summed E-state index contributed by atoms with van der Waals surface area (Å²) in [6.07, 6.45) is 1.07. The summed E-state index contributed by atoms with van der Waals surface area (Å²) in [7, 11) is 2.13. The molecule has 0 radical (unpaired) electrons. The van der Waals surface area contributed by atoms with Crippen LogP contribution < -0.4 is 5.73 Å². The van der Waals surface area contributed by atoms with Gasteiger partial charge in [0.2, 0.25) is 0 Å². The van der Waals surface area contributed by atoms with Crippen molar-refractivity contribution < 1.29 is 4.79 Å². The van der Waals surface area contributed by atoms with E-state index in [4.69, 9.17) is 5.73 Å². The van der Waals surface area contributed by atoms with Gasteiger partial charge in [-0.25, -0.2) is 0 Å². The van der Waals surface area contributed by atoms with E-state index in [1.54, 1.807) is 0 Å². The summed E-state index contributed by atoms with van der Waals surface area (Å²) in [5.74, 6) is 0.108. The van der Waals surface area contributed by atoms with Crippen LogP contribution in [-0.4, -0.2) is 48.4 Å². The minimum absolute atomic E-state index is 0.108. The lowest BCUT2D eigenvalue weighted by Gasteiger charge is -2.39. The summed E-state index contributed by atoms with van der Waals surface area (Å²) in [5.41, 5.74) is 8.20. The molecule has 0 aliphatic carbocycles. The Morgan fingerprint density at radius 3 is 2.84 bits per heavy atom. The van der Waals surface area contributed by atoms with E-state index in [1.807, 2.05) is 30.0 Å². The molecular weight excluding hydrogens is 238 g/mol. The van der Waals surface area contributed by atoms with Gasteiger partial charge in [0.25, 0.3) is 5.91 Å². The molecule has 4 nitrogen and oxygen atoms in total. The lowest BCUT2D eigenvalue weighted by molar-refractivity contribution is 0.0541. The number of piperazine rings is 1. The summed E-state index contributed by atoms with van der Waals surface area (Å²) < 4.78 is 0. The average molecular weight is 261 g/mol. The van der Waals surface area contributed by atoms with Crippen molar-refractivity contribution in [2.45, 2.75) is 26.3 Å². The Kier molecular flexibility index (Phi) is 4.10. The van der Waals surface area contributed by atoms with Crippen LogP contribution in [-0.2, 0) is 0 Å². The van der Waals surface area contributed by atoms with Gasteiger partial charge in [0, 0.05) is 36.9 Å². The predicted molar refractivity (Wildman–Crippen MR) is 78.2 cm³/mol. The minimum atomic E-state index is 0.108. The number of benzene rings is 1. The first-order chi connectivity index (χ1) is 9.04. The largest absolute Gasteiger partial charge is 0.398 e. The van der Waals surface area contributed by atoms with Gasteiger partial charge >= 0.3 is 0 Å². The molecule has 2 N–H and O–H groups in total. The maximum absolute atomic E-state index is 12.6. The molecule has 4 heteroatoms. The van der Waals surface area contributed by atoms with Crippen molar-refractivity contribution >= 4 is 11.6 Å². The molecule has 1 amide bonds. The van der Waals surface area contributed by atoms with E-state index in [1.165, 1.54) is 0 Å². The van der Waals surface area contributed by atoms with E-state index in [2.05, 4.69) is 18.9 Å². The number of nitrogen functional groups attached to an aromatic ring is 1. The van der Waals surface area contributed by atoms with Crippen LogP contribution in [0.25, 0.3) is 0 Å². The molecule has 19 heavy (non-hydrogen) atoms. The predicted octanol–water partition coefficient (Wildman–Crippen LogP) is 1.74. The van der Waals surface area contributed by atoms with E-state index < -0.39 is 0 Å². The van der Waals surface area contributed by atoms with Gasteiger partial charge in [-0.3, -0.25) is 9.69 Å². The molecule has 1 unspecified atom stereocenters. The van der Waals surface area contributed by atoms with Crippen LogP contribution in [0, 0.1) is 6.92 Å². The Morgan fingerprint density at radius 1 is 1.42 bits per heavy atom. The van der Waals surface area contributed by atoms with Gasteiger partial charge in [-0.2, -0.15) is 0 Å². The van der Waals surface area contributed by atoms with Crippen LogP contribution >= 0.6 is 0 Å². The third-order valence-electron chi connectivity index (χ3n) is 4.14. The lowest BCUT2D eigenvalue weighted by Crippen LogP contribution is -2.53. The van der Waals surface area contributed by atoms with Crippen LogP contribution in [0.5, 0.6) is 0 Å². The topological polar surface area (TPSA) is 49.6 Å². The number of rotatable bonds is 2. The van der Waals surface area contributed by atoms with Crippen molar-refractivity contribution in [1.82, 2.24) is 9.80 Å². The average Bonchev–Trinajstić information content (AvgIpc) is 2.41. The summed E-state index contributed by atoms with van der Waals surface area (Å²) >= 11 is 0. The maximum atomic E-state index is 12.6. The zero-order valence-electron chi connectivity index (χ0n) is 12.0. The molecule has 1 aliphatic rings. The summed E-state index contributed by atoms with van der Waals surface area (Å²) in [6.45, 7) is 6.61. The second-order valence-corrected chi connectivity index (χ2v) is 5.31. The molecule has 1 aliphatic heterocycles. The minimum Gasteiger partial charge on any atom is -0.398 e. The summed E-state index contributed by atoms with van der Waals surface area (Å²) in [4.78, 5) is 16.9. The third-order valence-corrected chi connectivity index (χ3v) is 4.14. The molecule has 1 aromatic rings. The van der Waals surface area contributed by atoms with Crippen LogP contribution in [0.2, 0.25) is 0 Å². The van der Waals surface area contributed by atoms with Gasteiger partial charge in [-0.15, -0.1) is 0 Å². The fraction of sp³-hybridized carbons (Fsp3) is 0.533. The van der Waals surface area contributed by atoms with E-state index >= 15 is 0 Å². The van der Waals surface area contributed by atoms with E-state index in [-0.39, 0.29) is 5.91 Å². The van der Waals surface area contributed by atoms with Crippen molar-refractivity contribution in [1.29, 1.82) is 0 Å². The van der Waals surface area contributed by atoms with Crippen LogP contribution in [0.3, 0.4) is 0 Å². The molecule has 1 fully saturated rings. The molecule has 0 bridgehead atoms. The van der Waals surface area contributed by atoms with Gasteiger partial charge in [0.15, 0.2) is 0 Å². The first kappa shape index (κ1) is 13.9. The zero-order chi connectivity index (χ0) is 14.0. The van der Waals surface area contributed by atoms with Gasteiger partial charge in [-0.05, 0) is 38.1 Å². The molecule has 0 aromatic heterocycles. The highest BCUT2D eigenvalue weighted by molar-refractivity contribution is 5.97. The molecule has 1 saturated heterocycles. The molecule has 1 heterocycles. The van der Waals surface area contributed by atoms with Gasteiger partial charge in [-0.1, -0.05) is 13.0 Å². The second kappa shape index (κ2) is 5.61. The highest BCUT2D eigenvalue weighted by atomic mass is 16.2. The van der Waals surface area contributed by atoms with Crippen LogP contribution in [0.15, 0.2) is 18.2 Å². The standard InChI is InChI=1S/C15H23N3O/c1-4-12-10-18(9-8-17(12)3)15(19)13-6-5-7-14(16)11(13)2/h5-7,12H,4,8-10,16H2,1-3H3. The molecule has 1 atom stereocenters. The fourth-order valence-electron chi connectivity index (χ4n) is 2.63. The highest BCUT2D eigenvalue weighted by Crippen LogP contribution is 2.19. The third kappa shape index (κ3) is 2.73. The number of likely N-dealkylation sites (N-methyl/N-ethyl adjacent to an activating group) is 1. The van der Waals surface area contributed by atoms with Gasteiger partial charge < -0.3 is 10.6 Å². The summed E-state index contributed by atoms with van der Waals surface area (Å²) in [5, 5.41) is 0. The van der Waals surface area contributed by atoms with Crippen molar-refractivity contribution in [3.05, 3.63) is 29.3 Å². The molecule has 0 saturated carbocycles. The monoisotopic (exact) mass is 261 g/mol. The van der Waals surface area contributed by atoms with E-state index in [0.717, 1.165) is 37.2 Å². The Bertz CT molecular complexity index is 472. The van der Waals surface area contributed by atoms with Gasteiger partial charge in [0.1, 0.15) is 0 Å². The second-order valence-electron chi connectivity index (χ2n) is 5.31. The molecular formula is C15H23N3O. The number of anilines is 1. The van der Waals surface area contributed by atoms with Crippen molar-refractivity contribution in [3.8, 4) is 0 Å². The molecule has 2 rings (SSSR count). The van der Waals surface area contributed by atoms with Crippen molar-refractivity contribution in [2.24, 2.45) is 0 Å². The van der Waals surface area contributed by atoms with E-state index in [9.17, 15) is 4.79 Å². The molecule has 0 spiro atoms. The quantitative estimate of drug-likeness (QED) is 0.825. The number of nitrogens with two attached hydrogens (primary N) is 1. The maximum Gasteiger partial charge on any atom is 0.254 e. The highest BCUT2D eigenvalue weighted by Gasteiger charge is 2.27. The van der Waals surface area contributed by atoms with E-state index in [0.29, 0.717) is 11.7 Å². The first-order valence-corrected chi connectivity index (χ1v) is 6.89. The zero-order valence-corrected chi connectivity index (χ0v) is 12.0. The number of nitrogens with zero attached hydrogens (tertiary/aromatic N) is 2. The Hall–Kier alpha value is -1.55. The Morgan fingerprint density at radius 2 is 2.16 bits per heavy atom. The van der Waals surface area contributed by atoms with Crippen molar-refractivity contribution in [3.63, 3.8) is 0 Å². The van der Waals surface area contributed by atoms with Crippen molar-refractivity contribution in [2.75, 3.05) is 32.4 Å². The number of carbonyl (C=O) groups is 1. The smallest absolute Gasteiger partial charge is 0.254 e. The number of hydrogen-bond donors (Lipinski definition) is 1. The number of carbonyl (C=O) groups excluding carboxylic acids is 1. The number of amides is 1. The lowest BCUT2D eigenvalue weighted by atomic mass is 10.0.